The molecule has 5 heteroatoms. The number of nitrogens with one attached hydrogen (secondary N) is 1. The number of hydrazine groups is 1. The molecule has 0 aromatic heterocycles. The fourth-order valence-corrected chi connectivity index (χ4v) is 0.464. The molecule has 62 valence electrons. The summed E-state index contributed by atoms with van der Waals surface area (Å²) in [5.74, 6) is 4.88. The lowest BCUT2D eigenvalue weighted by Gasteiger charge is -2.10. The van der Waals surface area contributed by atoms with Crippen molar-refractivity contribution in [3.05, 3.63) is 0 Å². The summed E-state index contributed by atoms with van der Waals surface area (Å²) in [6.45, 7) is 1.60. The Balaban J connectivity index is 3.36. The van der Waals surface area contributed by atoms with E-state index in [9.17, 15) is 13.2 Å². The third kappa shape index (κ3) is 5.84. The molecule has 0 saturated heterocycles. The standard InChI is InChI=1S/C5H11F3N2/c1-4(10-9)2-3-5(6,7)8/h4,10H,2-3,9H2,1H3. The first-order valence-electron chi connectivity index (χ1n) is 2.98. The molecule has 0 aliphatic carbocycles. The van der Waals surface area contributed by atoms with E-state index in [1.54, 1.807) is 6.92 Å². The van der Waals surface area contributed by atoms with Gasteiger partial charge in [0.2, 0.25) is 0 Å². The Morgan fingerprint density at radius 3 is 2.30 bits per heavy atom. The van der Waals surface area contributed by atoms with Crippen LogP contribution < -0.4 is 11.3 Å². The number of halogens is 3. The quantitative estimate of drug-likeness (QED) is 0.475. The Bertz CT molecular complexity index is 91.4. The summed E-state index contributed by atoms with van der Waals surface area (Å²) in [7, 11) is 0. The maximum absolute atomic E-state index is 11.5. The Labute approximate surface area is 57.6 Å². The minimum absolute atomic E-state index is 0.0278. The van der Waals surface area contributed by atoms with Crippen molar-refractivity contribution in [3.63, 3.8) is 0 Å². The van der Waals surface area contributed by atoms with Gasteiger partial charge in [-0.05, 0) is 13.3 Å². The largest absolute Gasteiger partial charge is 0.389 e. The summed E-state index contributed by atoms with van der Waals surface area (Å²) >= 11 is 0. The van der Waals surface area contributed by atoms with Crippen molar-refractivity contribution < 1.29 is 13.2 Å². The van der Waals surface area contributed by atoms with Crippen LogP contribution in [0.4, 0.5) is 13.2 Å². The molecular formula is C5H11F3N2. The fraction of sp³-hybridized carbons (Fsp3) is 1.00. The van der Waals surface area contributed by atoms with Crippen molar-refractivity contribution in [3.8, 4) is 0 Å². The molecular weight excluding hydrogens is 145 g/mol. The monoisotopic (exact) mass is 156 g/mol. The third-order valence-corrected chi connectivity index (χ3v) is 1.15. The summed E-state index contributed by atoms with van der Waals surface area (Å²) < 4.78 is 34.5. The van der Waals surface area contributed by atoms with E-state index >= 15 is 0 Å². The first kappa shape index (κ1) is 9.71. The van der Waals surface area contributed by atoms with E-state index in [0.29, 0.717) is 0 Å². The number of alkyl halides is 3. The van der Waals surface area contributed by atoms with Gasteiger partial charge in [-0.25, -0.2) is 0 Å². The van der Waals surface area contributed by atoms with E-state index < -0.39 is 12.6 Å². The topological polar surface area (TPSA) is 38.0 Å². The lowest BCUT2D eigenvalue weighted by atomic mass is 10.2. The van der Waals surface area contributed by atoms with Crippen molar-refractivity contribution in [2.45, 2.75) is 32.0 Å². The first-order valence-corrected chi connectivity index (χ1v) is 2.98. The Morgan fingerprint density at radius 1 is 1.50 bits per heavy atom. The van der Waals surface area contributed by atoms with E-state index in [0.717, 1.165) is 0 Å². The molecule has 0 aliphatic rings. The van der Waals surface area contributed by atoms with E-state index in [4.69, 9.17) is 5.84 Å². The normalized spacial score (nSPS) is 15.3. The maximum Gasteiger partial charge on any atom is 0.389 e. The van der Waals surface area contributed by atoms with E-state index in [1.807, 2.05) is 0 Å². The number of hydrogen-bond acceptors (Lipinski definition) is 2. The van der Waals surface area contributed by atoms with Crippen molar-refractivity contribution in [2.75, 3.05) is 0 Å². The van der Waals surface area contributed by atoms with E-state index in [1.165, 1.54) is 0 Å². The summed E-state index contributed by atoms with van der Waals surface area (Å²) in [5.41, 5.74) is 2.24. The van der Waals surface area contributed by atoms with Gasteiger partial charge in [-0.1, -0.05) is 0 Å². The van der Waals surface area contributed by atoms with E-state index in [2.05, 4.69) is 5.43 Å². The molecule has 0 radical (unpaired) electrons. The third-order valence-electron chi connectivity index (χ3n) is 1.15. The summed E-state index contributed by atoms with van der Waals surface area (Å²) in [4.78, 5) is 0. The zero-order chi connectivity index (χ0) is 8.20. The van der Waals surface area contributed by atoms with Gasteiger partial charge in [0.15, 0.2) is 0 Å². The summed E-state index contributed by atoms with van der Waals surface area (Å²) in [6, 6.07) is -0.276. The molecule has 0 amide bonds. The molecule has 0 aromatic carbocycles. The second kappa shape index (κ2) is 3.78. The highest BCUT2D eigenvalue weighted by molar-refractivity contribution is 4.59. The molecule has 0 aliphatic heterocycles. The maximum atomic E-state index is 11.5. The number of hydrogen-bond donors (Lipinski definition) is 2. The van der Waals surface area contributed by atoms with Crippen LogP contribution in [-0.2, 0) is 0 Å². The minimum Gasteiger partial charge on any atom is -0.271 e. The predicted octanol–water partition coefficient (Wildman–Crippen LogP) is 1.18. The van der Waals surface area contributed by atoms with Crippen molar-refractivity contribution >= 4 is 0 Å². The molecule has 2 nitrogen and oxygen atoms in total. The molecule has 0 aromatic rings. The van der Waals surface area contributed by atoms with Gasteiger partial charge in [0.25, 0.3) is 0 Å². The molecule has 0 rings (SSSR count). The highest BCUT2D eigenvalue weighted by atomic mass is 19.4. The zero-order valence-electron chi connectivity index (χ0n) is 5.70. The molecule has 0 fully saturated rings. The van der Waals surface area contributed by atoms with Crippen LogP contribution in [0, 0.1) is 0 Å². The van der Waals surface area contributed by atoms with Crippen molar-refractivity contribution in [1.29, 1.82) is 0 Å². The van der Waals surface area contributed by atoms with Crippen LogP contribution in [0.1, 0.15) is 19.8 Å². The average molecular weight is 156 g/mol. The second-order valence-electron chi connectivity index (χ2n) is 2.22. The van der Waals surface area contributed by atoms with Crippen LogP contribution >= 0.6 is 0 Å². The number of nitrogens with two attached hydrogens (primary N) is 1. The molecule has 0 saturated carbocycles. The predicted molar refractivity (Wildman–Crippen MR) is 32.1 cm³/mol. The van der Waals surface area contributed by atoms with Gasteiger partial charge in [-0.2, -0.15) is 13.2 Å². The van der Waals surface area contributed by atoms with Crippen molar-refractivity contribution in [2.24, 2.45) is 5.84 Å². The van der Waals surface area contributed by atoms with Gasteiger partial charge in [0, 0.05) is 12.5 Å². The van der Waals surface area contributed by atoms with Gasteiger partial charge in [0.05, 0.1) is 0 Å². The highest BCUT2D eigenvalue weighted by Crippen LogP contribution is 2.21. The van der Waals surface area contributed by atoms with Gasteiger partial charge >= 0.3 is 6.18 Å². The van der Waals surface area contributed by atoms with E-state index in [-0.39, 0.29) is 12.5 Å². The lowest BCUT2D eigenvalue weighted by Crippen LogP contribution is -2.33. The SMILES string of the molecule is CC(CCC(F)(F)F)NN. The second-order valence-corrected chi connectivity index (χ2v) is 2.22. The Kier molecular flexibility index (Phi) is 3.67. The zero-order valence-corrected chi connectivity index (χ0v) is 5.70. The summed E-state index contributed by atoms with van der Waals surface area (Å²) in [5, 5.41) is 0. The van der Waals surface area contributed by atoms with Crippen LogP contribution in [0.2, 0.25) is 0 Å². The van der Waals surface area contributed by atoms with Crippen LogP contribution in [0.15, 0.2) is 0 Å². The first-order chi connectivity index (χ1) is 4.45. The van der Waals surface area contributed by atoms with Gasteiger partial charge in [-0.15, -0.1) is 0 Å². The minimum atomic E-state index is -4.06. The molecule has 1 atom stereocenters. The molecule has 0 bridgehead atoms. The van der Waals surface area contributed by atoms with Crippen LogP contribution in [-0.4, -0.2) is 12.2 Å². The van der Waals surface area contributed by atoms with Gasteiger partial charge in [0.1, 0.15) is 0 Å². The highest BCUT2D eigenvalue weighted by Gasteiger charge is 2.26. The number of rotatable bonds is 3. The molecule has 0 spiro atoms. The Morgan fingerprint density at radius 2 is 2.00 bits per heavy atom. The molecule has 1 unspecified atom stereocenters. The average Bonchev–Trinajstić information content (AvgIpc) is 1.81. The molecule has 0 heterocycles. The fourth-order valence-electron chi connectivity index (χ4n) is 0.464. The van der Waals surface area contributed by atoms with Gasteiger partial charge < -0.3 is 0 Å². The Hall–Kier alpha value is -0.290. The molecule has 10 heavy (non-hydrogen) atoms. The van der Waals surface area contributed by atoms with Crippen molar-refractivity contribution in [1.82, 2.24) is 5.43 Å². The summed E-state index contributed by atoms with van der Waals surface area (Å²) in [6.07, 6.45) is -4.82. The van der Waals surface area contributed by atoms with Gasteiger partial charge in [-0.3, -0.25) is 11.3 Å². The lowest BCUT2D eigenvalue weighted by molar-refractivity contribution is -0.136. The van der Waals surface area contributed by atoms with Crippen LogP contribution in [0.3, 0.4) is 0 Å². The van der Waals surface area contributed by atoms with Crippen LogP contribution in [0.25, 0.3) is 0 Å². The van der Waals surface area contributed by atoms with Crippen LogP contribution in [0.5, 0.6) is 0 Å². The molecule has 3 N–H and O–H groups in total. The smallest absolute Gasteiger partial charge is 0.271 e.